The van der Waals surface area contributed by atoms with Crippen LogP contribution in [0.5, 0.6) is 5.75 Å². The maximum atomic E-state index is 13.1. The molecular formula is C9H11ClFNO3. The molecule has 0 amide bonds. The van der Waals surface area contributed by atoms with E-state index < -0.39 is 17.8 Å². The van der Waals surface area contributed by atoms with Gasteiger partial charge in [-0.1, -0.05) is 6.07 Å². The highest BCUT2D eigenvalue weighted by Gasteiger charge is 2.17. The molecule has 0 fully saturated rings. The minimum Gasteiger partial charge on any atom is -0.508 e. The zero-order valence-electron chi connectivity index (χ0n) is 7.68. The van der Waals surface area contributed by atoms with Crippen LogP contribution in [-0.2, 0) is 11.2 Å². The molecule has 84 valence electrons. The topological polar surface area (TPSA) is 83.5 Å². The highest BCUT2D eigenvalue weighted by molar-refractivity contribution is 5.85. The third-order valence-electron chi connectivity index (χ3n) is 1.84. The number of hydrogen-bond acceptors (Lipinski definition) is 3. The van der Waals surface area contributed by atoms with Crippen molar-refractivity contribution in [2.24, 2.45) is 5.73 Å². The van der Waals surface area contributed by atoms with Gasteiger partial charge in [-0.25, -0.2) is 4.39 Å². The quantitative estimate of drug-likeness (QED) is 0.727. The van der Waals surface area contributed by atoms with Crippen molar-refractivity contribution >= 4 is 18.4 Å². The maximum absolute atomic E-state index is 13.1. The number of aliphatic carboxylic acids is 1. The van der Waals surface area contributed by atoms with Crippen LogP contribution in [0.2, 0.25) is 0 Å². The fourth-order valence-corrected chi connectivity index (χ4v) is 1.06. The smallest absolute Gasteiger partial charge is 0.320 e. The average molecular weight is 236 g/mol. The summed E-state index contributed by atoms with van der Waals surface area (Å²) < 4.78 is 13.1. The van der Waals surface area contributed by atoms with Gasteiger partial charge in [0.1, 0.15) is 17.6 Å². The van der Waals surface area contributed by atoms with E-state index in [2.05, 4.69) is 0 Å². The van der Waals surface area contributed by atoms with Gasteiger partial charge >= 0.3 is 5.97 Å². The van der Waals surface area contributed by atoms with Crippen LogP contribution in [0.25, 0.3) is 0 Å². The second-order valence-corrected chi connectivity index (χ2v) is 2.89. The number of aromatic hydroxyl groups is 1. The maximum Gasteiger partial charge on any atom is 0.320 e. The lowest BCUT2D eigenvalue weighted by molar-refractivity contribution is -0.138. The van der Waals surface area contributed by atoms with Crippen molar-refractivity contribution in [3.8, 4) is 5.75 Å². The Morgan fingerprint density at radius 1 is 1.53 bits per heavy atom. The van der Waals surface area contributed by atoms with Crippen LogP contribution >= 0.6 is 12.4 Å². The molecule has 4 nitrogen and oxygen atoms in total. The molecule has 0 aliphatic carbocycles. The van der Waals surface area contributed by atoms with Gasteiger partial charge in [-0.2, -0.15) is 0 Å². The monoisotopic (exact) mass is 235 g/mol. The lowest BCUT2D eigenvalue weighted by Crippen LogP contribution is -2.32. The standard InChI is InChI=1S/C9H10FNO3.ClH/c10-6-2-1-3-8(12)5(6)4-7(11)9(13)14;/h1-3,7,12H,4,11H2,(H,13,14);1H. The van der Waals surface area contributed by atoms with Gasteiger partial charge in [-0.3, -0.25) is 4.79 Å². The Morgan fingerprint density at radius 2 is 2.13 bits per heavy atom. The summed E-state index contributed by atoms with van der Waals surface area (Å²) in [6.45, 7) is 0. The number of carboxylic acid groups (broad SMARTS) is 1. The van der Waals surface area contributed by atoms with Crippen LogP contribution < -0.4 is 5.73 Å². The lowest BCUT2D eigenvalue weighted by Gasteiger charge is -2.08. The molecule has 1 unspecified atom stereocenters. The molecule has 0 radical (unpaired) electrons. The normalized spacial score (nSPS) is 11.6. The molecule has 0 aromatic heterocycles. The number of phenols is 1. The average Bonchev–Trinajstić information content (AvgIpc) is 2.11. The number of carboxylic acids is 1. The molecule has 0 aliphatic heterocycles. The molecule has 0 heterocycles. The highest BCUT2D eigenvalue weighted by Crippen LogP contribution is 2.20. The van der Waals surface area contributed by atoms with Crippen molar-refractivity contribution in [3.63, 3.8) is 0 Å². The predicted octanol–water partition coefficient (Wildman–Crippen LogP) is 0.907. The van der Waals surface area contributed by atoms with Crippen molar-refractivity contribution in [2.45, 2.75) is 12.5 Å². The van der Waals surface area contributed by atoms with Gasteiger partial charge in [0.2, 0.25) is 0 Å². The Labute approximate surface area is 91.9 Å². The van der Waals surface area contributed by atoms with Crippen LogP contribution in [0.3, 0.4) is 0 Å². The fourth-order valence-electron chi connectivity index (χ4n) is 1.06. The van der Waals surface area contributed by atoms with Gasteiger partial charge in [0.25, 0.3) is 0 Å². The number of hydrogen-bond donors (Lipinski definition) is 3. The Morgan fingerprint density at radius 3 is 2.60 bits per heavy atom. The van der Waals surface area contributed by atoms with E-state index in [1.165, 1.54) is 12.1 Å². The van der Waals surface area contributed by atoms with Gasteiger partial charge in [-0.15, -0.1) is 12.4 Å². The Bertz CT molecular complexity index is 339. The lowest BCUT2D eigenvalue weighted by atomic mass is 10.1. The number of nitrogens with two attached hydrogens (primary N) is 1. The first-order chi connectivity index (χ1) is 6.52. The van der Waals surface area contributed by atoms with E-state index in [1.807, 2.05) is 0 Å². The minimum atomic E-state index is -1.23. The van der Waals surface area contributed by atoms with E-state index >= 15 is 0 Å². The molecule has 1 rings (SSSR count). The van der Waals surface area contributed by atoms with Crippen molar-refractivity contribution in [3.05, 3.63) is 29.6 Å². The predicted molar refractivity (Wildman–Crippen MR) is 54.6 cm³/mol. The third kappa shape index (κ3) is 3.38. The van der Waals surface area contributed by atoms with E-state index in [9.17, 15) is 14.3 Å². The minimum absolute atomic E-state index is 0. The first-order valence-corrected chi connectivity index (χ1v) is 3.97. The first-order valence-electron chi connectivity index (χ1n) is 3.97. The summed E-state index contributed by atoms with van der Waals surface area (Å²) in [4.78, 5) is 10.4. The van der Waals surface area contributed by atoms with E-state index in [1.54, 1.807) is 0 Å². The molecule has 15 heavy (non-hydrogen) atoms. The molecular weight excluding hydrogens is 225 g/mol. The Balaban J connectivity index is 0.00000196. The van der Waals surface area contributed by atoms with E-state index in [0.29, 0.717) is 0 Å². The van der Waals surface area contributed by atoms with Crippen LogP contribution in [0.1, 0.15) is 5.56 Å². The summed E-state index contributed by atoms with van der Waals surface area (Å²) >= 11 is 0. The SMILES string of the molecule is Cl.NC(Cc1c(O)cccc1F)C(=O)O. The molecule has 0 bridgehead atoms. The van der Waals surface area contributed by atoms with Crippen LogP contribution in [0.15, 0.2) is 18.2 Å². The summed E-state index contributed by atoms with van der Waals surface area (Å²) in [5.41, 5.74) is 5.14. The first kappa shape index (κ1) is 13.7. The number of rotatable bonds is 3. The van der Waals surface area contributed by atoms with Gasteiger partial charge in [0.15, 0.2) is 0 Å². The Kier molecular flexibility index (Phi) is 5.04. The van der Waals surface area contributed by atoms with Gasteiger partial charge in [0.05, 0.1) is 0 Å². The summed E-state index contributed by atoms with van der Waals surface area (Å²) in [5, 5.41) is 17.7. The van der Waals surface area contributed by atoms with Gasteiger partial charge in [0, 0.05) is 12.0 Å². The van der Waals surface area contributed by atoms with Crippen molar-refractivity contribution < 1.29 is 19.4 Å². The van der Waals surface area contributed by atoms with E-state index in [-0.39, 0.29) is 30.1 Å². The summed E-state index contributed by atoms with van der Waals surface area (Å²) in [6.07, 6.45) is -0.228. The zero-order valence-corrected chi connectivity index (χ0v) is 8.50. The van der Waals surface area contributed by atoms with Gasteiger partial charge < -0.3 is 15.9 Å². The number of carbonyl (C=O) groups is 1. The summed E-state index contributed by atoms with van der Waals surface area (Å²) in [6, 6.07) is 2.55. The number of benzene rings is 1. The van der Waals surface area contributed by atoms with Crippen LogP contribution in [0, 0.1) is 5.82 Å². The molecule has 0 saturated carbocycles. The van der Waals surface area contributed by atoms with E-state index in [0.717, 1.165) is 6.07 Å². The van der Waals surface area contributed by atoms with Crippen molar-refractivity contribution in [1.82, 2.24) is 0 Å². The van der Waals surface area contributed by atoms with Crippen LogP contribution in [0.4, 0.5) is 4.39 Å². The second kappa shape index (κ2) is 5.53. The number of phenolic OH excluding ortho intramolecular Hbond substituents is 1. The molecule has 6 heteroatoms. The molecule has 4 N–H and O–H groups in total. The van der Waals surface area contributed by atoms with Crippen molar-refractivity contribution in [2.75, 3.05) is 0 Å². The zero-order chi connectivity index (χ0) is 10.7. The molecule has 0 aliphatic rings. The third-order valence-corrected chi connectivity index (χ3v) is 1.84. The molecule has 1 atom stereocenters. The molecule has 1 aromatic rings. The summed E-state index contributed by atoms with van der Waals surface area (Å²) in [5.74, 6) is -2.16. The fraction of sp³-hybridized carbons (Fsp3) is 0.222. The van der Waals surface area contributed by atoms with Crippen LogP contribution in [-0.4, -0.2) is 22.2 Å². The Hall–Kier alpha value is -1.33. The van der Waals surface area contributed by atoms with E-state index in [4.69, 9.17) is 10.8 Å². The second-order valence-electron chi connectivity index (χ2n) is 2.89. The molecule has 0 spiro atoms. The highest BCUT2D eigenvalue weighted by atomic mass is 35.5. The molecule has 1 aromatic carbocycles. The van der Waals surface area contributed by atoms with Gasteiger partial charge in [-0.05, 0) is 12.1 Å². The largest absolute Gasteiger partial charge is 0.508 e. The molecule has 0 saturated heterocycles. The summed E-state index contributed by atoms with van der Waals surface area (Å²) in [7, 11) is 0. The van der Waals surface area contributed by atoms with Crippen molar-refractivity contribution in [1.29, 1.82) is 0 Å². The number of halogens is 2.